The van der Waals surface area contributed by atoms with E-state index in [-0.39, 0.29) is 0 Å². The highest BCUT2D eigenvalue weighted by molar-refractivity contribution is 5.33. The second-order valence-electron chi connectivity index (χ2n) is 8.89. The second kappa shape index (κ2) is 10.9. The number of likely N-dealkylation sites (N-methyl/N-ethyl adjacent to an activating group) is 1. The Hall–Kier alpha value is -1.89. The highest BCUT2D eigenvalue weighted by atomic mass is 16.5. The molecular weight excluding hydrogens is 376 g/mol. The summed E-state index contributed by atoms with van der Waals surface area (Å²) < 4.78 is 7.91. The van der Waals surface area contributed by atoms with Gasteiger partial charge in [-0.1, -0.05) is 37.5 Å². The fourth-order valence-corrected chi connectivity index (χ4v) is 4.46. The number of aliphatic hydroxyl groups is 1. The molecule has 0 unspecified atom stereocenters. The molecule has 0 spiro atoms. The van der Waals surface area contributed by atoms with Crippen LogP contribution in [0.1, 0.15) is 48.9 Å². The maximum absolute atomic E-state index is 10.5. The summed E-state index contributed by atoms with van der Waals surface area (Å²) in [6.45, 7) is 4.64. The maximum Gasteiger partial charge on any atom is 0.123 e. The van der Waals surface area contributed by atoms with Crippen molar-refractivity contribution < 1.29 is 9.84 Å². The van der Waals surface area contributed by atoms with E-state index in [1.54, 1.807) is 0 Å². The standard InChI is InChI=1S/C24H38N4O2/c1-19-21(16-28(4)25-19)15-26(2)14-20-10-8-9-13-24(20)30-18-23(29)17-27(3)22-11-6-5-7-12-22/h8-10,13,16,22-23,29H,5-7,11-12,14-15,17-18H2,1-4H3/t23-/m0/s1. The first kappa shape index (κ1) is 22.8. The van der Waals surface area contributed by atoms with E-state index in [9.17, 15) is 5.11 Å². The lowest BCUT2D eigenvalue weighted by molar-refractivity contribution is 0.0556. The zero-order valence-corrected chi connectivity index (χ0v) is 19.0. The average molecular weight is 415 g/mol. The molecule has 6 heteroatoms. The molecule has 3 rings (SSSR count). The third-order valence-corrected chi connectivity index (χ3v) is 6.10. The number of ether oxygens (including phenoxy) is 1. The van der Waals surface area contributed by atoms with E-state index in [0.29, 0.717) is 19.2 Å². The number of aliphatic hydroxyl groups excluding tert-OH is 1. The van der Waals surface area contributed by atoms with Crippen LogP contribution in [-0.4, -0.2) is 64.1 Å². The predicted molar refractivity (Wildman–Crippen MR) is 121 cm³/mol. The Bertz CT molecular complexity index is 785. The Balaban J connectivity index is 1.51. The lowest BCUT2D eigenvalue weighted by Crippen LogP contribution is -2.40. The van der Waals surface area contributed by atoms with E-state index in [1.165, 1.54) is 37.7 Å². The molecule has 1 aromatic carbocycles. The first-order valence-corrected chi connectivity index (χ1v) is 11.2. The van der Waals surface area contributed by atoms with Gasteiger partial charge in [0.25, 0.3) is 0 Å². The SMILES string of the molecule is Cc1nn(C)cc1CN(C)Cc1ccccc1OC[C@@H](O)CN(C)C1CCCCC1. The van der Waals surface area contributed by atoms with Gasteiger partial charge in [-0.3, -0.25) is 9.58 Å². The quantitative estimate of drug-likeness (QED) is 0.646. The van der Waals surface area contributed by atoms with E-state index in [1.807, 2.05) is 36.9 Å². The fourth-order valence-electron chi connectivity index (χ4n) is 4.46. The average Bonchev–Trinajstić information content (AvgIpc) is 3.04. The molecule has 1 aliphatic carbocycles. The highest BCUT2D eigenvalue weighted by Crippen LogP contribution is 2.23. The topological polar surface area (TPSA) is 53.8 Å². The molecule has 1 aromatic heterocycles. The van der Waals surface area contributed by atoms with Crippen molar-refractivity contribution in [2.24, 2.45) is 7.05 Å². The van der Waals surface area contributed by atoms with E-state index in [0.717, 1.165) is 30.1 Å². The van der Waals surface area contributed by atoms with Gasteiger partial charge in [-0.05, 0) is 39.9 Å². The molecule has 1 fully saturated rings. The van der Waals surface area contributed by atoms with Crippen LogP contribution in [0.2, 0.25) is 0 Å². The van der Waals surface area contributed by atoms with Crippen molar-refractivity contribution in [1.82, 2.24) is 19.6 Å². The summed E-state index contributed by atoms with van der Waals surface area (Å²) in [4.78, 5) is 4.57. The Morgan fingerprint density at radius 3 is 2.53 bits per heavy atom. The summed E-state index contributed by atoms with van der Waals surface area (Å²) in [7, 11) is 6.19. The molecule has 1 atom stereocenters. The summed E-state index contributed by atoms with van der Waals surface area (Å²) in [6.07, 6.45) is 8.04. The Labute approximate surface area is 181 Å². The van der Waals surface area contributed by atoms with Crippen molar-refractivity contribution in [3.8, 4) is 5.75 Å². The largest absolute Gasteiger partial charge is 0.491 e. The number of hydrogen-bond donors (Lipinski definition) is 1. The van der Waals surface area contributed by atoms with E-state index in [4.69, 9.17) is 4.74 Å². The summed E-state index contributed by atoms with van der Waals surface area (Å²) in [6, 6.07) is 8.73. The molecule has 166 valence electrons. The van der Waals surface area contributed by atoms with Gasteiger partial charge in [0, 0.05) is 50.0 Å². The number of nitrogens with zero attached hydrogens (tertiary/aromatic N) is 4. The summed E-state index contributed by atoms with van der Waals surface area (Å²) in [5.74, 6) is 0.853. The molecule has 1 heterocycles. The van der Waals surface area contributed by atoms with Crippen LogP contribution in [0.4, 0.5) is 0 Å². The Morgan fingerprint density at radius 2 is 1.83 bits per heavy atom. The maximum atomic E-state index is 10.5. The Kier molecular flexibility index (Phi) is 8.31. The molecule has 0 bridgehead atoms. The van der Waals surface area contributed by atoms with Gasteiger partial charge in [0.2, 0.25) is 0 Å². The van der Waals surface area contributed by atoms with Crippen molar-refractivity contribution in [1.29, 1.82) is 0 Å². The molecule has 1 saturated carbocycles. The van der Waals surface area contributed by atoms with Crippen molar-refractivity contribution >= 4 is 0 Å². The van der Waals surface area contributed by atoms with E-state index >= 15 is 0 Å². The van der Waals surface area contributed by atoms with Crippen LogP contribution in [0.5, 0.6) is 5.75 Å². The third kappa shape index (κ3) is 6.56. The number of aryl methyl sites for hydroxylation is 2. The molecule has 1 N–H and O–H groups in total. The van der Waals surface area contributed by atoms with Crippen LogP contribution >= 0.6 is 0 Å². The van der Waals surface area contributed by atoms with Crippen molar-refractivity contribution in [3.63, 3.8) is 0 Å². The summed E-state index contributed by atoms with van der Waals surface area (Å²) in [5.41, 5.74) is 3.44. The first-order chi connectivity index (χ1) is 14.4. The molecule has 30 heavy (non-hydrogen) atoms. The first-order valence-electron chi connectivity index (χ1n) is 11.2. The lowest BCUT2D eigenvalue weighted by Gasteiger charge is -2.32. The number of aromatic nitrogens is 2. The zero-order valence-electron chi connectivity index (χ0n) is 19.0. The van der Waals surface area contributed by atoms with Crippen LogP contribution in [0, 0.1) is 6.92 Å². The Morgan fingerprint density at radius 1 is 1.13 bits per heavy atom. The number of rotatable bonds is 10. The number of benzene rings is 1. The van der Waals surface area contributed by atoms with Gasteiger partial charge in [-0.25, -0.2) is 0 Å². The number of hydrogen-bond acceptors (Lipinski definition) is 5. The monoisotopic (exact) mass is 414 g/mol. The molecule has 0 radical (unpaired) electrons. The molecule has 0 amide bonds. The highest BCUT2D eigenvalue weighted by Gasteiger charge is 2.20. The molecule has 2 aromatic rings. The normalized spacial score (nSPS) is 16.4. The van der Waals surface area contributed by atoms with Crippen LogP contribution in [-0.2, 0) is 20.1 Å². The third-order valence-electron chi connectivity index (χ3n) is 6.10. The smallest absolute Gasteiger partial charge is 0.123 e. The van der Waals surface area contributed by atoms with Crippen LogP contribution in [0.25, 0.3) is 0 Å². The predicted octanol–water partition coefficient (Wildman–Crippen LogP) is 3.36. The summed E-state index contributed by atoms with van der Waals surface area (Å²) >= 11 is 0. The molecule has 0 saturated heterocycles. The minimum absolute atomic E-state index is 0.319. The van der Waals surface area contributed by atoms with Gasteiger partial charge in [0.15, 0.2) is 0 Å². The van der Waals surface area contributed by atoms with Crippen LogP contribution in [0.15, 0.2) is 30.5 Å². The molecule has 1 aliphatic rings. The van der Waals surface area contributed by atoms with Gasteiger partial charge in [-0.15, -0.1) is 0 Å². The molecule has 0 aliphatic heterocycles. The molecular formula is C24H38N4O2. The van der Waals surface area contributed by atoms with Crippen molar-refractivity contribution in [2.75, 3.05) is 27.2 Å². The van der Waals surface area contributed by atoms with Gasteiger partial charge < -0.3 is 14.7 Å². The second-order valence-corrected chi connectivity index (χ2v) is 8.89. The van der Waals surface area contributed by atoms with Gasteiger partial charge >= 0.3 is 0 Å². The minimum Gasteiger partial charge on any atom is -0.491 e. The van der Waals surface area contributed by atoms with Crippen molar-refractivity contribution in [2.45, 2.75) is 64.3 Å². The van der Waals surface area contributed by atoms with Crippen molar-refractivity contribution in [3.05, 3.63) is 47.3 Å². The lowest BCUT2D eigenvalue weighted by atomic mass is 9.94. The molecule has 6 nitrogen and oxygen atoms in total. The fraction of sp³-hybridized carbons (Fsp3) is 0.625. The van der Waals surface area contributed by atoms with Crippen LogP contribution < -0.4 is 4.74 Å². The van der Waals surface area contributed by atoms with Gasteiger partial charge in [0.1, 0.15) is 18.5 Å². The van der Waals surface area contributed by atoms with E-state index in [2.05, 4.69) is 41.3 Å². The number of para-hydroxylation sites is 1. The van der Waals surface area contributed by atoms with Gasteiger partial charge in [-0.2, -0.15) is 5.10 Å². The van der Waals surface area contributed by atoms with Crippen LogP contribution in [0.3, 0.4) is 0 Å². The minimum atomic E-state index is -0.485. The zero-order chi connectivity index (χ0) is 21.5. The summed E-state index contributed by atoms with van der Waals surface area (Å²) in [5, 5.41) is 15.0. The van der Waals surface area contributed by atoms with E-state index < -0.39 is 6.10 Å². The van der Waals surface area contributed by atoms with Gasteiger partial charge in [0.05, 0.1) is 5.69 Å².